The van der Waals surface area contributed by atoms with E-state index in [4.69, 9.17) is 15.1 Å². The number of rotatable bonds is 5. The molecule has 124 valence electrons. The first-order valence-corrected chi connectivity index (χ1v) is 8.88. The highest BCUT2D eigenvalue weighted by Gasteiger charge is 2.39. The predicted octanol–water partition coefficient (Wildman–Crippen LogP) is 2.53. The van der Waals surface area contributed by atoms with E-state index in [-0.39, 0.29) is 22.3 Å². The van der Waals surface area contributed by atoms with Gasteiger partial charge in [0.1, 0.15) is 17.6 Å². The molecule has 2 atom stereocenters. The van der Waals surface area contributed by atoms with Gasteiger partial charge in [-0.05, 0) is 48.2 Å². The minimum absolute atomic E-state index is 0.0877. The van der Waals surface area contributed by atoms with Crippen LogP contribution in [-0.2, 0) is 10.0 Å². The molecule has 1 aliphatic carbocycles. The van der Waals surface area contributed by atoms with Gasteiger partial charge in [-0.2, -0.15) is 5.26 Å². The molecule has 0 bridgehead atoms. The van der Waals surface area contributed by atoms with E-state index in [1.54, 1.807) is 12.1 Å². The molecule has 0 unspecified atom stereocenters. The summed E-state index contributed by atoms with van der Waals surface area (Å²) >= 11 is 0. The molecule has 1 fully saturated rings. The van der Waals surface area contributed by atoms with Crippen molar-refractivity contribution in [2.75, 3.05) is 6.61 Å². The molecule has 7 heteroatoms. The number of nitriles is 1. The second kappa shape index (κ2) is 6.23. The lowest BCUT2D eigenvalue weighted by Crippen LogP contribution is -2.11. The van der Waals surface area contributed by atoms with Gasteiger partial charge in [0.15, 0.2) is 0 Å². The van der Waals surface area contributed by atoms with Crippen molar-refractivity contribution in [2.24, 2.45) is 11.1 Å². The van der Waals surface area contributed by atoms with E-state index in [2.05, 4.69) is 0 Å². The minimum Gasteiger partial charge on any atom is -0.492 e. The summed E-state index contributed by atoms with van der Waals surface area (Å²) in [5.74, 6) is 0.458. The zero-order valence-corrected chi connectivity index (χ0v) is 13.5. The van der Waals surface area contributed by atoms with Crippen molar-refractivity contribution in [1.29, 1.82) is 5.26 Å². The zero-order valence-electron chi connectivity index (χ0n) is 12.6. The van der Waals surface area contributed by atoms with E-state index < -0.39 is 15.8 Å². The third kappa shape index (κ3) is 3.55. The summed E-state index contributed by atoms with van der Waals surface area (Å²) in [6.07, 6.45) is 0.914. The Bertz CT molecular complexity index is 904. The van der Waals surface area contributed by atoms with Gasteiger partial charge in [-0.3, -0.25) is 0 Å². The normalized spacial score (nSPS) is 19.5. The van der Waals surface area contributed by atoms with Crippen LogP contribution in [0, 0.1) is 23.1 Å². The lowest BCUT2D eigenvalue weighted by Gasteiger charge is -2.08. The Balaban J connectivity index is 1.62. The SMILES string of the molecule is N#Cc1cc(F)ccc1OC[C@H]1C[C@@H]1c1ccc(S(N)(=O)=O)cc1. The maximum absolute atomic E-state index is 13.1. The third-order valence-electron chi connectivity index (χ3n) is 4.07. The first kappa shape index (κ1) is 16.4. The van der Waals surface area contributed by atoms with Crippen LogP contribution in [0.4, 0.5) is 4.39 Å². The highest BCUT2D eigenvalue weighted by atomic mass is 32.2. The number of hydrogen-bond donors (Lipinski definition) is 1. The summed E-state index contributed by atoms with van der Waals surface area (Å²) in [5, 5.41) is 14.1. The van der Waals surface area contributed by atoms with Crippen LogP contribution in [0.1, 0.15) is 23.5 Å². The molecule has 0 aliphatic heterocycles. The third-order valence-corrected chi connectivity index (χ3v) is 5.00. The average molecular weight is 346 g/mol. The number of halogens is 1. The van der Waals surface area contributed by atoms with Crippen LogP contribution < -0.4 is 9.88 Å². The van der Waals surface area contributed by atoms with Crippen LogP contribution in [-0.4, -0.2) is 15.0 Å². The van der Waals surface area contributed by atoms with E-state index in [0.717, 1.165) is 18.1 Å². The molecule has 3 rings (SSSR count). The van der Waals surface area contributed by atoms with Gasteiger partial charge in [-0.25, -0.2) is 17.9 Å². The molecular weight excluding hydrogens is 331 g/mol. The fourth-order valence-electron chi connectivity index (χ4n) is 2.66. The molecular formula is C17H15FN2O3S. The van der Waals surface area contributed by atoms with E-state index in [1.807, 2.05) is 6.07 Å². The van der Waals surface area contributed by atoms with Crippen molar-refractivity contribution in [1.82, 2.24) is 0 Å². The predicted molar refractivity (Wildman–Crippen MR) is 85.3 cm³/mol. The number of sulfonamides is 1. The van der Waals surface area contributed by atoms with Gasteiger partial charge in [-0.15, -0.1) is 0 Å². The van der Waals surface area contributed by atoms with Gasteiger partial charge < -0.3 is 4.74 Å². The Morgan fingerprint density at radius 1 is 1.25 bits per heavy atom. The Kier molecular flexibility index (Phi) is 4.26. The van der Waals surface area contributed by atoms with E-state index in [9.17, 15) is 12.8 Å². The summed E-state index contributed by atoms with van der Waals surface area (Å²) in [4.78, 5) is 0.0877. The van der Waals surface area contributed by atoms with Crippen molar-refractivity contribution in [2.45, 2.75) is 17.2 Å². The molecule has 0 heterocycles. The van der Waals surface area contributed by atoms with E-state index in [1.165, 1.54) is 24.3 Å². The summed E-state index contributed by atoms with van der Waals surface area (Å²) < 4.78 is 41.2. The Hall–Kier alpha value is -2.43. The Labute approximate surface area is 139 Å². The van der Waals surface area contributed by atoms with Crippen LogP contribution >= 0.6 is 0 Å². The van der Waals surface area contributed by atoms with E-state index in [0.29, 0.717) is 12.4 Å². The highest BCUT2D eigenvalue weighted by Crippen LogP contribution is 2.47. The standard InChI is InChI=1S/C17H15FN2O3S/c18-14-3-6-17(12(7-14)9-19)23-10-13-8-16(13)11-1-4-15(5-2-11)24(20,21)22/h1-7,13,16H,8,10H2,(H2,20,21,22)/t13-,16-/m1/s1. The van der Waals surface area contributed by atoms with Crippen LogP contribution in [0.3, 0.4) is 0 Å². The average Bonchev–Trinajstić information content (AvgIpc) is 3.32. The maximum Gasteiger partial charge on any atom is 0.238 e. The molecule has 1 saturated carbocycles. The molecule has 5 nitrogen and oxygen atoms in total. The lowest BCUT2D eigenvalue weighted by molar-refractivity contribution is 0.295. The second-order valence-electron chi connectivity index (χ2n) is 5.78. The summed E-state index contributed by atoms with van der Waals surface area (Å²) in [5.41, 5.74) is 1.19. The van der Waals surface area contributed by atoms with Gasteiger partial charge in [0, 0.05) is 5.92 Å². The fraction of sp³-hybridized carbons (Fsp3) is 0.235. The number of benzene rings is 2. The van der Waals surface area contributed by atoms with Crippen molar-refractivity contribution in [3.8, 4) is 11.8 Å². The minimum atomic E-state index is -3.68. The molecule has 2 aromatic carbocycles. The molecule has 2 aromatic rings. The van der Waals surface area contributed by atoms with Crippen LogP contribution in [0.25, 0.3) is 0 Å². The first-order valence-electron chi connectivity index (χ1n) is 7.33. The summed E-state index contributed by atoms with van der Waals surface area (Å²) in [6, 6.07) is 12.3. The lowest BCUT2D eigenvalue weighted by atomic mass is 10.1. The number of nitrogens with two attached hydrogens (primary N) is 1. The van der Waals surface area contributed by atoms with Crippen molar-refractivity contribution in [3.63, 3.8) is 0 Å². The van der Waals surface area contributed by atoms with Crippen LogP contribution in [0.15, 0.2) is 47.4 Å². The maximum atomic E-state index is 13.1. The topological polar surface area (TPSA) is 93.2 Å². The monoisotopic (exact) mass is 346 g/mol. The molecule has 0 saturated heterocycles. The largest absolute Gasteiger partial charge is 0.492 e. The van der Waals surface area contributed by atoms with Crippen molar-refractivity contribution in [3.05, 3.63) is 59.4 Å². The molecule has 0 radical (unpaired) electrons. The molecule has 2 N–H and O–H groups in total. The zero-order chi connectivity index (χ0) is 17.3. The molecule has 1 aliphatic rings. The van der Waals surface area contributed by atoms with Crippen LogP contribution in [0.5, 0.6) is 5.75 Å². The molecule has 0 amide bonds. The first-order chi connectivity index (χ1) is 11.4. The fourth-order valence-corrected chi connectivity index (χ4v) is 3.17. The van der Waals surface area contributed by atoms with Gasteiger partial charge in [0.2, 0.25) is 10.0 Å². The molecule has 0 aromatic heterocycles. The quantitative estimate of drug-likeness (QED) is 0.900. The molecule has 0 spiro atoms. The van der Waals surface area contributed by atoms with Gasteiger partial charge >= 0.3 is 0 Å². The van der Waals surface area contributed by atoms with E-state index >= 15 is 0 Å². The van der Waals surface area contributed by atoms with Gasteiger partial charge in [-0.1, -0.05) is 12.1 Å². The Morgan fingerprint density at radius 3 is 2.58 bits per heavy atom. The highest BCUT2D eigenvalue weighted by molar-refractivity contribution is 7.89. The van der Waals surface area contributed by atoms with Crippen molar-refractivity contribution >= 4 is 10.0 Å². The molecule has 24 heavy (non-hydrogen) atoms. The number of nitrogens with zero attached hydrogens (tertiary/aromatic N) is 1. The van der Waals surface area contributed by atoms with Gasteiger partial charge in [0.25, 0.3) is 0 Å². The number of ether oxygens (including phenoxy) is 1. The summed E-state index contributed by atoms with van der Waals surface area (Å²) in [7, 11) is -3.68. The second-order valence-corrected chi connectivity index (χ2v) is 7.34. The smallest absolute Gasteiger partial charge is 0.238 e. The Morgan fingerprint density at radius 2 is 1.96 bits per heavy atom. The number of hydrogen-bond acceptors (Lipinski definition) is 4. The van der Waals surface area contributed by atoms with Crippen LogP contribution in [0.2, 0.25) is 0 Å². The van der Waals surface area contributed by atoms with Crippen molar-refractivity contribution < 1.29 is 17.5 Å². The van der Waals surface area contributed by atoms with Gasteiger partial charge in [0.05, 0.1) is 17.1 Å². The number of primary sulfonamides is 1. The summed E-state index contributed by atoms with van der Waals surface area (Å²) in [6.45, 7) is 0.419.